The van der Waals surface area contributed by atoms with Crippen molar-refractivity contribution in [3.05, 3.63) is 95.6 Å². The third-order valence-corrected chi connectivity index (χ3v) is 6.90. The van der Waals surface area contributed by atoms with Gasteiger partial charge >= 0.3 is 0 Å². The third kappa shape index (κ3) is 4.74. The van der Waals surface area contributed by atoms with Gasteiger partial charge < -0.3 is 4.90 Å². The third-order valence-electron chi connectivity index (χ3n) is 5.79. The van der Waals surface area contributed by atoms with Crippen molar-refractivity contribution in [2.75, 3.05) is 30.8 Å². The highest BCUT2D eigenvalue weighted by atomic mass is 32.2. The van der Waals surface area contributed by atoms with Gasteiger partial charge in [0.05, 0.1) is 10.9 Å². The summed E-state index contributed by atoms with van der Waals surface area (Å²) < 4.78 is 24.0. The van der Waals surface area contributed by atoms with Crippen molar-refractivity contribution >= 4 is 15.5 Å². The second kappa shape index (κ2) is 8.62. The minimum atomic E-state index is -3.22. The lowest BCUT2D eigenvalue weighted by Crippen LogP contribution is -2.48. The van der Waals surface area contributed by atoms with E-state index in [2.05, 4.69) is 65.3 Å². The normalized spacial score (nSPS) is 17.8. The van der Waals surface area contributed by atoms with Crippen LogP contribution in [0.25, 0.3) is 0 Å². The van der Waals surface area contributed by atoms with Gasteiger partial charge in [-0.25, -0.2) is 8.42 Å². The Morgan fingerprint density at radius 2 is 1.63 bits per heavy atom. The molecule has 4 rings (SSSR count). The van der Waals surface area contributed by atoms with Crippen molar-refractivity contribution in [3.8, 4) is 0 Å². The van der Waals surface area contributed by atoms with Crippen LogP contribution in [0.4, 0.5) is 5.69 Å². The van der Waals surface area contributed by atoms with Crippen molar-refractivity contribution in [1.29, 1.82) is 0 Å². The van der Waals surface area contributed by atoms with Gasteiger partial charge in [-0.05, 0) is 36.2 Å². The zero-order valence-electron chi connectivity index (χ0n) is 17.5. The highest BCUT2D eigenvalue weighted by Crippen LogP contribution is 2.30. The Morgan fingerprint density at radius 1 is 0.900 bits per heavy atom. The van der Waals surface area contributed by atoms with E-state index >= 15 is 0 Å². The minimum absolute atomic E-state index is 0.239. The molecule has 1 saturated heterocycles. The first-order valence-electron chi connectivity index (χ1n) is 10.3. The van der Waals surface area contributed by atoms with E-state index < -0.39 is 9.84 Å². The molecule has 0 aliphatic carbocycles. The predicted molar refractivity (Wildman–Crippen MR) is 123 cm³/mol. The molecule has 156 valence electrons. The van der Waals surface area contributed by atoms with Crippen LogP contribution < -0.4 is 4.90 Å². The molecule has 1 atom stereocenters. The summed E-state index contributed by atoms with van der Waals surface area (Å²) in [6.07, 6.45) is 1.26. The first kappa shape index (κ1) is 20.6. The van der Waals surface area contributed by atoms with Gasteiger partial charge in [0, 0.05) is 38.1 Å². The van der Waals surface area contributed by atoms with Crippen LogP contribution in [-0.4, -0.2) is 39.2 Å². The number of aryl methyl sites for hydroxylation is 1. The molecular weight excluding hydrogens is 392 g/mol. The van der Waals surface area contributed by atoms with Crippen LogP contribution >= 0.6 is 0 Å². The average molecular weight is 421 g/mol. The van der Waals surface area contributed by atoms with Crippen LogP contribution in [-0.2, 0) is 16.4 Å². The Hall–Kier alpha value is -2.63. The lowest BCUT2D eigenvalue weighted by molar-refractivity contribution is 0.169. The van der Waals surface area contributed by atoms with E-state index in [1.807, 2.05) is 18.2 Å². The van der Waals surface area contributed by atoms with E-state index in [-0.39, 0.29) is 6.04 Å². The fourth-order valence-electron chi connectivity index (χ4n) is 4.07. The van der Waals surface area contributed by atoms with Crippen LogP contribution in [0.5, 0.6) is 0 Å². The number of benzene rings is 3. The maximum atomic E-state index is 12.0. The second-order valence-electron chi connectivity index (χ2n) is 8.10. The molecule has 0 spiro atoms. The van der Waals surface area contributed by atoms with E-state index in [0.29, 0.717) is 4.90 Å². The predicted octanol–water partition coefficient (Wildman–Crippen LogP) is 4.46. The van der Waals surface area contributed by atoms with Crippen molar-refractivity contribution in [2.45, 2.75) is 24.4 Å². The molecule has 0 aromatic heterocycles. The smallest absolute Gasteiger partial charge is 0.175 e. The number of hydrogen-bond donors (Lipinski definition) is 0. The summed E-state index contributed by atoms with van der Waals surface area (Å²) in [5, 5.41) is 0. The lowest BCUT2D eigenvalue weighted by Gasteiger charge is -2.43. The summed E-state index contributed by atoms with van der Waals surface area (Å²) in [5.74, 6) is 0. The zero-order chi connectivity index (χ0) is 21.1. The van der Waals surface area contributed by atoms with Gasteiger partial charge in [-0.1, -0.05) is 66.2 Å². The molecule has 5 heteroatoms. The van der Waals surface area contributed by atoms with Crippen molar-refractivity contribution in [1.82, 2.24) is 4.90 Å². The van der Waals surface area contributed by atoms with Gasteiger partial charge in [0.1, 0.15) is 0 Å². The van der Waals surface area contributed by atoms with Gasteiger partial charge in [-0.3, -0.25) is 4.90 Å². The molecule has 0 bridgehead atoms. The van der Waals surface area contributed by atoms with Crippen molar-refractivity contribution in [2.24, 2.45) is 0 Å². The summed E-state index contributed by atoms with van der Waals surface area (Å²) in [7, 11) is -3.22. The van der Waals surface area contributed by atoms with Crippen molar-refractivity contribution < 1.29 is 8.42 Å². The number of piperazine rings is 1. The summed E-state index contributed by atoms with van der Waals surface area (Å²) in [4.78, 5) is 5.20. The molecule has 1 aliphatic rings. The second-order valence-corrected chi connectivity index (χ2v) is 10.1. The molecule has 4 nitrogen and oxygen atoms in total. The van der Waals surface area contributed by atoms with Gasteiger partial charge in [-0.15, -0.1) is 0 Å². The van der Waals surface area contributed by atoms with E-state index in [0.717, 1.165) is 31.9 Å². The van der Waals surface area contributed by atoms with Crippen LogP contribution in [0.3, 0.4) is 0 Å². The molecule has 30 heavy (non-hydrogen) atoms. The minimum Gasteiger partial charge on any atom is -0.368 e. The standard InChI is InChI=1S/C25H28N2O2S/c1-20-11-13-21(14-12-20)18-27-16-15-26(19-25(27)22-7-4-3-5-8-22)23-9-6-10-24(17-23)30(2,28)29/h3-14,17,25H,15-16,18-19H2,1-2H3/t25-/m1/s1. The van der Waals surface area contributed by atoms with Gasteiger partial charge in [0.25, 0.3) is 0 Å². The van der Waals surface area contributed by atoms with E-state index in [1.165, 1.54) is 22.9 Å². The summed E-state index contributed by atoms with van der Waals surface area (Å²) in [6.45, 7) is 5.61. The highest BCUT2D eigenvalue weighted by molar-refractivity contribution is 7.90. The molecular formula is C25H28N2O2S. The van der Waals surface area contributed by atoms with Gasteiger partial charge in [0.15, 0.2) is 9.84 Å². The molecule has 3 aromatic rings. The zero-order valence-corrected chi connectivity index (χ0v) is 18.3. The Labute approximate surface area is 179 Å². The van der Waals surface area contributed by atoms with Crippen LogP contribution in [0.15, 0.2) is 83.8 Å². The number of sulfone groups is 1. The SMILES string of the molecule is Cc1ccc(CN2CCN(c3cccc(S(C)(=O)=O)c3)C[C@@H]2c2ccccc2)cc1. The Balaban J connectivity index is 1.61. The molecule has 1 fully saturated rings. The topological polar surface area (TPSA) is 40.6 Å². The van der Waals surface area contributed by atoms with Crippen LogP contribution in [0, 0.1) is 6.92 Å². The summed E-state index contributed by atoms with van der Waals surface area (Å²) >= 11 is 0. The maximum absolute atomic E-state index is 12.0. The monoisotopic (exact) mass is 420 g/mol. The van der Waals surface area contributed by atoms with Crippen molar-refractivity contribution in [3.63, 3.8) is 0 Å². The summed E-state index contributed by atoms with van der Waals surface area (Å²) in [5.41, 5.74) is 4.84. The Morgan fingerprint density at radius 3 is 2.33 bits per heavy atom. The van der Waals surface area contributed by atoms with E-state index in [9.17, 15) is 8.42 Å². The fourth-order valence-corrected chi connectivity index (χ4v) is 4.74. The average Bonchev–Trinajstić information content (AvgIpc) is 2.76. The molecule has 3 aromatic carbocycles. The van der Waals surface area contributed by atoms with Gasteiger partial charge in [0.2, 0.25) is 0 Å². The molecule has 0 amide bonds. The van der Waals surface area contributed by atoms with Crippen LogP contribution in [0.2, 0.25) is 0 Å². The van der Waals surface area contributed by atoms with E-state index in [4.69, 9.17) is 0 Å². The molecule has 1 heterocycles. The fraction of sp³-hybridized carbons (Fsp3) is 0.280. The van der Waals surface area contributed by atoms with E-state index in [1.54, 1.807) is 12.1 Å². The Bertz CT molecular complexity index is 1100. The molecule has 0 unspecified atom stereocenters. The largest absolute Gasteiger partial charge is 0.368 e. The maximum Gasteiger partial charge on any atom is 0.175 e. The quantitative estimate of drug-likeness (QED) is 0.611. The highest BCUT2D eigenvalue weighted by Gasteiger charge is 2.28. The molecule has 1 aliphatic heterocycles. The first-order chi connectivity index (χ1) is 14.4. The molecule has 0 radical (unpaired) electrons. The number of rotatable bonds is 5. The molecule has 0 saturated carbocycles. The summed E-state index contributed by atoms with van der Waals surface area (Å²) in [6, 6.07) is 26.9. The Kier molecular flexibility index (Phi) is 5.93. The number of nitrogens with zero attached hydrogens (tertiary/aromatic N) is 2. The molecule has 0 N–H and O–H groups in total. The number of anilines is 1. The van der Waals surface area contributed by atoms with Gasteiger partial charge in [-0.2, -0.15) is 0 Å². The first-order valence-corrected chi connectivity index (χ1v) is 12.2. The number of hydrogen-bond acceptors (Lipinski definition) is 4. The lowest BCUT2D eigenvalue weighted by atomic mass is 10.0. The van der Waals surface area contributed by atoms with Crippen LogP contribution in [0.1, 0.15) is 22.7 Å².